The molecule has 1 aromatic rings. The second kappa shape index (κ2) is 10.4. The van der Waals surface area contributed by atoms with Crippen molar-refractivity contribution in [2.24, 2.45) is 11.7 Å². The minimum absolute atomic E-state index is 0.178. The summed E-state index contributed by atoms with van der Waals surface area (Å²) in [4.78, 5) is 27.8. The molecule has 1 amide bonds. The Morgan fingerprint density at radius 3 is 2.57 bits per heavy atom. The molecule has 0 atom stereocenters. The lowest BCUT2D eigenvalue weighted by molar-refractivity contribution is -0.143. The molecule has 0 radical (unpaired) electrons. The Morgan fingerprint density at radius 2 is 1.90 bits per heavy atom. The van der Waals surface area contributed by atoms with Crippen LogP contribution in [-0.2, 0) is 25.7 Å². The highest BCUT2D eigenvalue weighted by molar-refractivity contribution is 5.94. The maximum atomic E-state index is 14.9. The average molecular weight is 420 g/mol. The molecule has 9 heteroatoms. The topological polar surface area (TPSA) is 109 Å². The van der Waals surface area contributed by atoms with Crippen molar-refractivity contribution in [1.82, 2.24) is 4.90 Å². The molecule has 3 rings (SSSR count). The van der Waals surface area contributed by atoms with Crippen LogP contribution in [0.1, 0.15) is 31.2 Å². The summed E-state index contributed by atoms with van der Waals surface area (Å²) in [6, 6.07) is 5.03. The molecule has 0 bridgehead atoms. The lowest BCUT2D eigenvalue weighted by Crippen LogP contribution is -2.42. The number of hydrogen-bond donors (Lipinski definition) is 2. The van der Waals surface area contributed by atoms with E-state index >= 15 is 0 Å². The Bertz CT molecular complexity index is 774. The zero-order valence-corrected chi connectivity index (χ0v) is 17.1. The van der Waals surface area contributed by atoms with E-state index < -0.39 is 11.8 Å². The third kappa shape index (κ3) is 5.91. The van der Waals surface area contributed by atoms with Crippen LogP contribution in [0, 0.1) is 17.1 Å². The largest absolute Gasteiger partial charge is 0.460 e. The number of amidine groups is 1. The Labute approximate surface area is 175 Å². The maximum absolute atomic E-state index is 14.9. The smallest absolute Gasteiger partial charge is 0.313 e. The Hall–Kier alpha value is -2.68. The van der Waals surface area contributed by atoms with Crippen molar-refractivity contribution in [3.63, 3.8) is 0 Å². The van der Waals surface area contributed by atoms with Crippen LogP contribution >= 0.6 is 0 Å². The quantitative estimate of drug-likeness (QED) is 0.395. The lowest BCUT2D eigenvalue weighted by atomic mass is 9.92. The lowest BCUT2D eigenvalue weighted by Gasteiger charge is -2.35. The van der Waals surface area contributed by atoms with Crippen LogP contribution < -0.4 is 10.6 Å². The summed E-state index contributed by atoms with van der Waals surface area (Å²) in [5.41, 5.74) is 5.94. The normalized spacial score (nSPS) is 17.6. The molecule has 0 saturated carbocycles. The molecule has 2 saturated heterocycles. The van der Waals surface area contributed by atoms with Gasteiger partial charge in [0, 0.05) is 38.2 Å². The van der Waals surface area contributed by atoms with Crippen LogP contribution in [0.2, 0.25) is 0 Å². The number of hydrogen-bond acceptors (Lipinski definition) is 6. The van der Waals surface area contributed by atoms with Crippen molar-refractivity contribution >= 4 is 23.4 Å². The van der Waals surface area contributed by atoms with Crippen LogP contribution in [0.25, 0.3) is 0 Å². The number of nitrogens with two attached hydrogens (primary N) is 1. The monoisotopic (exact) mass is 420 g/mol. The SMILES string of the molecule is N=C(N)CC(=O)OCc1cccc(N2CCC(CC(=O)N3CCOCC3)CC2)c1F. The van der Waals surface area contributed by atoms with Crippen molar-refractivity contribution in [3.8, 4) is 0 Å². The van der Waals surface area contributed by atoms with Gasteiger partial charge in [-0.3, -0.25) is 15.0 Å². The van der Waals surface area contributed by atoms with Gasteiger partial charge in [-0.1, -0.05) is 12.1 Å². The van der Waals surface area contributed by atoms with E-state index in [1.807, 2.05) is 9.80 Å². The minimum atomic E-state index is -0.655. The van der Waals surface area contributed by atoms with Gasteiger partial charge in [0.2, 0.25) is 5.91 Å². The van der Waals surface area contributed by atoms with Gasteiger partial charge in [0.05, 0.1) is 18.9 Å². The minimum Gasteiger partial charge on any atom is -0.460 e. The van der Waals surface area contributed by atoms with Crippen LogP contribution in [0.4, 0.5) is 10.1 Å². The summed E-state index contributed by atoms with van der Waals surface area (Å²) < 4.78 is 25.3. The number of carbonyl (C=O) groups is 2. The van der Waals surface area contributed by atoms with Gasteiger partial charge < -0.3 is 25.0 Å². The summed E-state index contributed by atoms with van der Waals surface area (Å²) in [6.07, 6.45) is 1.88. The molecule has 2 aliphatic heterocycles. The molecule has 8 nitrogen and oxygen atoms in total. The Morgan fingerprint density at radius 1 is 1.20 bits per heavy atom. The zero-order valence-electron chi connectivity index (χ0n) is 17.1. The highest BCUT2D eigenvalue weighted by atomic mass is 19.1. The molecule has 30 heavy (non-hydrogen) atoms. The molecule has 1 aromatic carbocycles. The summed E-state index contributed by atoms with van der Waals surface area (Å²) in [6.45, 7) is 3.67. The van der Waals surface area contributed by atoms with Crippen LogP contribution in [0.3, 0.4) is 0 Å². The maximum Gasteiger partial charge on any atom is 0.313 e. The van der Waals surface area contributed by atoms with Gasteiger partial charge in [-0.15, -0.1) is 0 Å². The van der Waals surface area contributed by atoms with E-state index in [4.69, 9.17) is 20.6 Å². The molecule has 0 spiro atoms. The third-order valence-electron chi connectivity index (χ3n) is 5.56. The fourth-order valence-corrected chi connectivity index (χ4v) is 3.85. The number of morpholine rings is 1. The number of nitrogens with zero attached hydrogens (tertiary/aromatic N) is 2. The first-order valence-corrected chi connectivity index (χ1v) is 10.3. The summed E-state index contributed by atoms with van der Waals surface area (Å²) in [7, 11) is 0. The van der Waals surface area contributed by atoms with E-state index in [1.165, 1.54) is 0 Å². The van der Waals surface area contributed by atoms with Gasteiger partial charge in [-0.2, -0.15) is 0 Å². The van der Waals surface area contributed by atoms with E-state index in [2.05, 4.69) is 0 Å². The van der Waals surface area contributed by atoms with Crippen molar-refractivity contribution in [1.29, 1.82) is 5.41 Å². The number of carbonyl (C=O) groups excluding carboxylic acids is 2. The molecular formula is C21H29FN4O4. The standard InChI is InChI=1S/C21H29FN4O4/c22-21-16(14-30-20(28)13-18(23)24)2-1-3-17(21)25-6-4-15(5-7-25)12-19(27)26-8-10-29-11-9-26/h1-3,15H,4-14H2,(H3,23,24). The molecule has 0 unspecified atom stereocenters. The van der Waals surface area contributed by atoms with Crippen molar-refractivity contribution in [2.45, 2.75) is 32.3 Å². The summed E-state index contributed by atoms with van der Waals surface area (Å²) in [5.74, 6) is -0.870. The predicted molar refractivity (Wildman–Crippen MR) is 110 cm³/mol. The Balaban J connectivity index is 1.52. The van der Waals surface area contributed by atoms with Crippen LogP contribution in [0.15, 0.2) is 18.2 Å². The van der Waals surface area contributed by atoms with Crippen LogP contribution in [-0.4, -0.2) is 62.0 Å². The van der Waals surface area contributed by atoms with Crippen molar-refractivity contribution in [2.75, 3.05) is 44.3 Å². The van der Waals surface area contributed by atoms with Crippen LogP contribution in [0.5, 0.6) is 0 Å². The second-order valence-electron chi connectivity index (χ2n) is 7.74. The molecule has 2 heterocycles. The number of amides is 1. The fraction of sp³-hybridized carbons (Fsp3) is 0.571. The van der Waals surface area contributed by atoms with Crippen molar-refractivity contribution in [3.05, 3.63) is 29.6 Å². The number of nitrogens with one attached hydrogen (secondary N) is 1. The molecule has 2 aliphatic rings. The highest BCUT2D eigenvalue weighted by Gasteiger charge is 2.26. The average Bonchev–Trinajstić information content (AvgIpc) is 2.74. The first-order valence-electron chi connectivity index (χ1n) is 10.3. The first-order chi connectivity index (χ1) is 14.4. The molecule has 2 fully saturated rings. The van der Waals surface area contributed by atoms with Crippen molar-refractivity contribution < 1.29 is 23.5 Å². The summed E-state index contributed by atoms with van der Waals surface area (Å²) in [5, 5.41) is 7.10. The molecular weight excluding hydrogens is 391 g/mol. The number of anilines is 1. The predicted octanol–water partition coefficient (Wildman–Crippen LogP) is 1.66. The Kier molecular flexibility index (Phi) is 7.62. The van der Waals surface area contributed by atoms with Gasteiger partial charge in [0.1, 0.15) is 18.9 Å². The number of benzene rings is 1. The molecule has 3 N–H and O–H groups in total. The molecule has 0 aliphatic carbocycles. The van der Waals surface area contributed by atoms with Gasteiger partial charge in [0.25, 0.3) is 0 Å². The highest BCUT2D eigenvalue weighted by Crippen LogP contribution is 2.29. The van der Waals surface area contributed by atoms with E-state index in [9.17, 15) is 14.0 Å². The van der Waals surface area contributed by atoms with E-state index in [0.717, 1.165) is 12.8 Å². The molecule has 0 aromatic heterocycles. The number of ether oxygens (including phenoxy) is 2. The number of esters is 1. The first kappa shape index (κ1) is 22.0. The van der Waals surface area contributed by atoms with Gasteiger partial charge in [-0.25, -0.2) is 4.39 Å². The zero-order chi connectivity index (χ0) is 21.5. The van der Waals surface area contributed by atoms with Gasteiger partial charge in [0.15, 0.2) is 5.82 Å². The van der Waals surface area contributed by atoms with E-state index in [1.54, 1.807) is 18.2 Å². The number of rotatable bonds is 7. The second-order valence-corrected chi connectivity index (χ2v) is 7.74. The summed E-state index contributed by atoms with van der Waals surface area (Å²) >= 11 is 0. The third-order valence-corrected chi connectivity index (χ3v) is 5.56. The van der Waals surface area contributed by atoms with E-state index in [-0.39, 0.29) is 30.3 Å². The van der Waals surface area contributed by atoms with Gasteiger partial charge >= 0.3 is 5.97 Å². The fourth-order valence-electron chi connectivity index (χ4n) is 3.85. The number of piperidine rings is 1. The van der Waals surface area contributed by atoms with E-state index in [0.29, 0.717) is 57.4 Å². The number of halogens is 1. The van der Waals surface area contributed by atoms with Gasteiger partial charge in [-0.05, 0) is 24.8 Å². The molecule has 164 valence electrons.